The monoisotopic (exact) mass is 425 g/mol. The van der Waals surface area contributed by atoms with E-state index in [4.69, 9.17) is 5.84 Å². The molecule has 154 valence electrons. The molecule has 2 N–H and O–H groups in total. The van der Waals surface area contributed by atoms with Crippen LogP contribution in [0.15, 0.2) is 35.5 Å². The number of nitrogen functional groups attached to an aromatic ring is 1. The molecule has 1 aromatic carbocycles. The second-order valence-corrected chi connectivity index (χ2v) is 7.26. The van der Waals surface area contributed by atoms with Gasteiger partial charge in [-0.1, -0.05) is 42.1 Å². The fourth-order valence-electron chi connectivity index (χ4n) is 3.02. The minimum atomic E-state index is -4.71. The maximum atomic E-state index is 12.7. The van der Waals surface area contributed by atoms with Crippen LogP contribution in [0.4, 0.5) is 13.2 Å². The number of thioether (sulfide) groups is 1. The van der Waals surface area contributed by atoms with E-state index in [1.165, 1.54) is 0 Å². The minimum Gasteiger partial charge on any atom is -0.339 e. The topological polar surface area (TPSA) is 104 Å². The van der Waals surface area contributed by atoms with Gasteiger partial charge in [0, 0.05) is 26.2 Å². The predicted octanol–water partition coefficient (Wildman–Crippen LogP) is 1.51. The van der Waals surface area contributed by atoms with E-state index in [0.29, 0.717) is 30.9 Å². The zero-order valence-corrected chi connectivity index (χ0v) is 16.0. The van der Waals surface area contributed by atoms with Crippen LogP contribution in [-0.2, 0) is 11.0 Å². The lowest BCUT2D eigenvalue weighted by Crippen LogP contribution is -2.50. The molecular formula is C17H18F3N7OS. The Labute approximate surface area is 169 Å². The van der Waals surface area contributed by atoms with Crippen molar-refractivity contribution in [1.29, 1.82) is 5.26 Å². The SMILES string of the molecule is N#CC(c1ccccc1)N1CCN(C(=O)CSc2nnc(C(F)(F)F)n2N)CC1. The number of benzene rings is 1. The highest BCUT2D eigenvalue weighted by Crippen LogP contribution is 2.29. The Morgan fingerprint density at radius 2 is 1.86 bits per heavy atom. The van der Waals surface area contributed by atoms with Gasteiger partial charge in [-0.25, -0.2) is 4.68 Å². The third-order valence-electron chi connectivity index (χ3n) is 4.51. The summed E-state index contributed by atoms with van der Waals surface area (Å²) in [6.45, 7) is 1.89. The van der Waals surface area contributed by atoms with Crippen molar-refractivity contribution in [2.75, 3.05) is 37.8 Å². The molecule has 1 atom stereocenters. The molecule has 0 radical (unpaired) electrons. The number of carbonyl (C=O) groups is 1. The van der Waals surface area contributed by atoms with Crippen LogP contribution in [0.25, 0.3) is 0 Å². The number of alkyl halides is 3. The molecule has 1 fully saturated rings. The summed E-state index contributed by atoms with van der Waals surface area (Å²) >= 11 is 0.801. The number of piperazine rings is 1. The third kappa shape index (κ3) is 4.80. The van der Waals surface area contributed by atoms with Crippen molar-refractivity contribution >= 4 is 17.7 Å². The highest BCUT2D eigenvalue weighted by molar-refractivity contribution is 7.99. The van der Waals surface area contributed by atoms with E-state index < -0.39 is 12.0 Å². The van der Waals surface area contributed by atoms with Crippen LogP contribution in [0.2, 0.25) is 0 Å². The Kier molecular flexibility index (Phi) is 6.29. The number of rotatable bonds is 5. The second-order valence-electron chi connectivity index (χ2n) is 6.32. The highest BCUT2D eigenvalue weighted by atomic mass is 32.2. The molecule has 2 heterocycles. The summed E-state index contributed by atoms with van der Waals surface area (Å²) in [5.74, 6) is 3.71. The number of aromatic nitrogens is 3. The summed E-state index contributed by atoms with van der Waals surface area (Å²) in [5.41, 5.74) is 0.896. The molecule has 2 aromatic rings. The van der Waals surface area contributed by atoms with Gasteiger partial charge in [0.15, 0.2) is 0 Å². The van der Waals surface area contributed by atoms with Crippen LogP contribution in [0.3, 0.4) is 0 Å². The summed E-state index contributed by atoms with van der Waals surface area (Å²) in [5, 5.41) is 15.8. The number of amides is 1. The summed E-state index contributed by atoms with van der Waals surface area (Å²) in [7, 11) is 0. The van der Waals surface area contributed by atoms with Gasteiger partial charge >= 0.3 is 6.18 Å². The van der Waals surface area contributed by atoms with E-state index in [-0.39, 0.29) is 22.9 Å². The summed E-state index contributed by atoms with van der Waals surface area (Å²) in [6.07, 6.45) is -4.71. The molecule has 0 bridgehead atoms. The molecular weight excluding hydrogens is 407 g/mol. The standard InChI is InChI=1S/C17H18F3N7OS/c18-17(19,20)15-23-24-16(27(15)22)29-11-14(28)26-8-6-25(7-9-26)13(10-21)12-4-2-1-3-5-12/h1-5,13H,6-9,11,22H2. The molecule has 1 amide bonds. The van der Waals surface area contributed by atoms with Crippen LogP contribution in [0.1, 0.15) is 17.4 Å². The van der Waals surface area contributed by atoms with Gasteiger partial charge in [-0.2, -0.15) is 18.4 Å². The lowest BCUT2D eigenvalue weighted by atomic mass is 10.1. The van der Waals surface area contributed by atoms with E-state index in [0.717, 1.165) is 17.3 Å². The van der Waals surface area contributed by atoms with Gasteiger partial charge in [0.2, 0.25) is 11.1 Å². The first-order valence-electron chi connectivity index (χ1n) is 8.68. The molecule has 12 heteroatoms. The van der Waals surface area contributed by atoms with Crippen LogP contribution in [0, 0.1) is 11.3 Å². The summed E-state index contributed by atoms with van der Waals surface area (Å²) in [4.78, 5) is 16.0. The first-order chi connectivity index (χ1) is 13.8. The van der Waals surface area contributed by atoms with Gasteiger partial charge in [0.05, 0.1) is 11.8 Å². The minimum absolute atomic E-state index is 0.104. The Morgan fingerprint density at radius 1 is 1.21 bits per heavy atom. The van der Waals surface area contributed by atoms with Crippen molar-refractivity contribution in [3.63, 3.8) is 0 Å². The van der Waals surface area contributed by atoms with Crippen LogP contribution >= 0.6 is 11.8 Å². The maximum absolute atomic E-state index is 12.7. The van der Waals surface area contributed by atoms with E-state index in [9.17, 15) is 23.2 Å². The van der Waals surface area contributed by atoms with Crippen molar-refractivity contribution in [1.82, 2.24) is 24.7 Å². The van der Waals surface area contributed by atoms with Crippen molar-refractivity contribution < 1.29 is 18.0 Å². The quantitative estimate of drug-likeness (QED) is 0.572. The van der Waals surface area contributed by atoms with Crippen molar-refractivity contribution in [3.8, 4) is 6.07 Å². The van der Waals surface area contributed by atoms with Crippen LogP contribution in [0.5, 0.6) is 0 Å². The number of nitriles is 1. The number of nitrogens with zero attached hydrogens (tertiary/aromatic N) is 6. The van der Waals surface area contributed by atoms with Gasteiger partial charge in [-0.15, -0.1) is 10.2 Å². The number of halogens is 3. The molecule has 1 aromatic heterocycles. The van der Waals surface area contributed by atoms with Gasteiger partial charge in [0.1, 0.15) is 6.04 Å². The second kappa shape index (κ2) is 8.71. The van der Waals surface area contributed by atoms with Crippen molar-refractivity contribution in [2.45, 2.75) is 17.4 Å². The van der Waals surface area contributed by atoms with Gasteiger partial charge in [0.25, 0.3) is 5.82 Å². The smallest absolute Gasteiger partial charge is 0.339 e. The van der Waals surface area contributed by atoms with E-state index in [1.54, 1.807) is 4.90 Å². The molecule has 0 spiro atoms. The molecule has 0 aliphatic carbocycles. The zero-order chi connectivity index (χ0) is 21.0. The first kappa shape index (κ1) is 20.9. The average Bonchev–Trinajstić information content (AvgIpc) is 3.09. The molecule has 0 saturated carbocycles. The molecule has 8 nitrogen and oxygen atoms in total. The normalized spacial score (nSPS) is 16.4. The predicted molar refractivity (Wildman–Crippen MR) is 98.8 cm³/mol. The van der Waals surface area contributed by atoms with Gasteiger partial charge in [-0.05, 0) is 5.56 Å². The number of hydrogen-bond donors (Lipinski definition) is 1. The molecule has 1 aliphatic heterocycles. The lowest BCUT2D eigenvalue weighted by Gasteiger charge is -2.37. The number of hydrogen-bond acceptors (Lipinski definition) is 7. The molecule has 29 heavy (non-hydrogen) atoms. The molecule has 1 unspecified atom stereocenters. The van der Waals surface area contributed by atoms with E-state index in [1.807, 2.05) is 35.2 Å². The highest BCUT2D eigenvalue weighted by Gasteiger charge is 2.38. The molecule has 1 aliphatic rings. The summed E-state index contributed by atoms with van der Waals surface area (Å²) < 4.78 is 38.4. The van der Waals surface area contributed by atoms with Crippen molar-refractivity contribution in [2.24, 2.45) is 0 Å². The van der Waals surface area contributed by atoms with Crippen molar-refractivity contribution in [3.05, 3.63) is 41.7 Å². The lowest BCUT2D eigenvalue weighted by molar-refractivity contribution is -0.146. The van der Waals surface area contributed by atoms with Crippen LogP contribution in [-0.4, -0.2) is 62.5 Å². The Hall–Kier alpha value is -2.78. The third-order valence-corrected chi connectivity index (χ3v) is 5.44. The number of carbonyl (C=O) groups excluding carboxylic acids is 1. The average molecular weight is 425 g/mol. The zero-order valence-electron chi connectivity index (χ0n) is 15.2. The fourth-order valence-corrected chi connectivity index (χ4v) is 3.78. The number of nitrogens with two attached hydrogens (primary N) is 1. The van der Waals surface area contributed by atoms with Gasteiger partial charge < -0.3 is 10.7 Å². The Morgan fingerprint density at radius 3 is 2.41 bits per heavy atom. The summed E-state index contributed by atoms with van der Waals surface area (Å²) in [6, 6.07) is 11.3. The maximum Gasteiger partial charge on any atom is 0.453 e. The largest absolute Gasteiger partial charge is 0.453 e. The Bertz CT molecular complexity index is 889. The molecule has 3 rings (SSSR count). The first-order valence-corrected chi connectivity index (χ1v) is 9.66. The fraction of sp³-hybridized carbons (Fsp3) is 0.412. The van der Waals surface area contributed by atoms with E-state index in [2.05, 4.69) is 16.3 Å². The van der Waals surface area contributed by atoms with Crippen LogP contribution < -0.4 is 5.84 Å². The Balaban J connectivity index is 1.53. The van der Waals surface area contributed by atoms with E-state index >= 15 is 0 Å². The molecule has 1 saturated heterocycles. The van der Waals surface area contributed by atoms with Gasteiger partial charge in [-0.3, -0.25) is 9.69 Å².